The summed E-state index contributed by atoms with van der Waals surface area (Å²) < 4.78 is 18.6. The predicted molar refractivity (Wildman–Crippen MR) is 163 cm³/mol. The second kappa shape index (κ2) is 13.1. The number of amides is 1. The summed E-state index contributed by atoms with van der Waals surface area (Å²) in [5.74, 6) is 0.00284. The summed E-state index contributed by atoms with van der Waals surface area (Å²) in [6, 6.07) is 14.4. The van der Waals surface area contributed by atoms with Gasteiger partial charge in [-0.3, -0.25) is 14.2 Å². The molecule has 220 valence electrons. The third-order valence-electron chi connectivity index (χ3n) is 6.92. The Kier molecular flexibility index (Phi) is 9.30. The van der Waals surface area contributed by atoms with Crippen molar-refractivity contribution in [3.8, 4) is 5.75 Å². The normalized spacial score (nSPS) is 17.2. The van der Waals surface area contributed by atoms with E-state index in [0.717, 1.165) is 16.0 Å². The fourth-order valence-electron chi connectivity index (χ4n) is 4.82. The third-order valence-corrected chi connectivity index (χ3v) is 8.65. The fourth-order valence-corrected chi connectivity index (χ4v) is 6.28. The minimum Gasteiger partial charge on any atom is -0.484 e. The molecule has 11 heteroatoms. The number of benzene rings is 2. The average Bonchev–Trinajstić information content (AvgIpc) is 3.29. The summed E-state index contributed by atoms with van der Waals surface area (Å²) >= 11 is 2.89. The first-order valence-corrected chi connectivity index (χ1v) is 15.7. The van der Waals surface area contributed by atoms with Crippen molar-refractivity contribution in [3.05, 3.63) is 90.6 Å². The van der Waals surface area contributed by atoms with Crippen molar-refractivity contribution in [3.63, 3.8) is 0 Å². The average molecular weight is 608 g/mol. The van der Waals surface area contributed by atoms with Crippen LogP contribution in [-0.2, 0) is 19.1 Å². The third kappa shape index (κ3) is 6.53. The van der Waals surface area contributed by atoms with Crippen molar-refractivity contribution in [2.75, 3.05) is 39.2 Å². The molecule has 9 nitrogen and oxygen atoms in total. The number of nitrogens with zero attached hydrogens (tertiary/aromatic N) is 3. The largest absolute Gasteiger partial charge is 0.484 e. The number of ether oxygens (including phenoxy) is 3. The predicted octanol–water partition coefficient (Wildman–Crippen LogP) is 3.15. The van der Waals surface area contributed by atoms with E-state index in [4.69, 9.17) is 14.2 Å². The number of rotatable bonds is 8. The lowest BCUT2D eigenvalue weighted by atomic mass is 9.96. The van der Waals surface area contributed by atoms with Crippen LogP contribution < -0.4 is 19.6 Å². The first-order chi connectivity index (χ1) is 20.2. The molecule has 5 rings (SSSR count). The minimum atomic E-state index is -0.662. The first-order valence-electron chi connectivity index (χ1n) is 13.7. The molecule has 1 aromatic heterocycles. The zero-order valence-electron chi connectivity index (χ0n) is 24.0. The van der Waals surface area contributed by atoms with Gasteiger partial charge in [0, 0.05) is 18.0 Å². The number of thioether (sulfide) groups is 1. The molecule has 0 N–H and O–H groups in total. The van der Waals surface area contributed by atoms with Gasteiger partial charge in [-0.05, 0) is 68.5 Å². The zero-order valence-corrected chi connectivity index (χ0v) is 25.6. The molecule has 0 saturated carbocycles. The maximum Gasteiger partial charge on any atom is 0.338 e. The highest BCUT2D eigenvalue weighted by molar-refractivity contribution is 7.98. The second-order valence-electron chi connectivity index (χ2n) is 10.2. The molecule has 3 heterocycles. The zero-order chi connectivity index (χ0) is 29.8. The highest BCUT2D eigenvalue weighted by Gasteiger charge is 2.33. The van der Waals surface area contributed by atoms with Crippen LogP contribution in [0.5, 0.6) is 5.75 Å². The van der Waals surface area contributed by atoms with E-state index in [1.807, 2.05) is 42.7 Å². The Morgan fingerprint density at radius 2 is 1.81 bits per heavy atom. The monoisotopic (exact) mass is 607 g/mol. The number of esters is 1. The number of carbonyl (C=O) groups is 2. The van der Waals surface area contributed by atoms with E-state index in [-0.39, 0.29) is 24.2 Å². The summed E-state index contributed by atoms with van der Waals surface area (Å²) in [6.07, 6.45) is 3.48. The van der Waals surface area contributed by atoms with E-state index in [1.165, 1.54) is 11.3 Å². The van der Waals surface area contributed by atoms with Crippen molar-refractivity contribution in [2.24, 2.45) is 4.99 Å². The van der Waals surface area contributed by atoms with Gasteiger partial charge in [0.1, 0.15) is 5.75 Å². The maximum atomic E-state index is 13.8. The molecule has 1 amide bonds. The molecule has 0 aliphatic carbocycles. The van der Waals surface area contributed by atoms with Crippen LogP contribution >= 0.6 is 23.1 Å². The number of aromatic nitrogens is 1. The van der Waals surface area contributed by atoms with E-state index in [9.17, 15) is 14.4 Å². The number of hydrogen-bond donors (Lipinski definition) is 0. The number of thiazole rings is 1. The summed E-state index contributed by atoms with van der Waals surface area (Å²) in [4.78, 5) is 47.5. The molecule has 3 aromatic rings. The van der Waals surface area contributed by atoms with Crippen LogP contribution in [0.2, 0.25) is 0 Å². The Morgan fingerprint density at radius 1 is 1.12 bits per heavy atom. The Balaban J connectivity index is 1.44. The quantitative estimate of drug-likeness (QED) is 0.287. The smallest absolute Gasteiger partial charge is 0.338 e. The van der Waals surface area contributed by atoms with Crippen LogP contribution in [0.25, 0.3) is 6.08 Å². The van der Waals surface area contributed by atoms with Gasteiger partial charge in [-0.1, -0.05) is 35.6 Å². The van der Waals surface area contributed by atoms with Crippen molar-refractivity contribution in [2.45, 2.75) is 37.8 Å². The molecular weight excluding hydrogens is 574 g/mol. The van der Waals surface area contributed by atoms with Crippen LogP contribution in [-0.4, -0.2) is 66.6 Å². The number of fused-ring (bicyclic) bond motifs is 1. The van der Waals surface area contributed by atoms with Crippen molar-refractivity contribution >= 4 is 41.1 Å². The molecular formula is C31H33N3O6S2. The lowest BCUT2D eigenvalue weighted by molar-refractivity contribution is -0.143. The molecule has 42 heavy (non-hydrogen) atoms. The van der Waals surface area contributed by atoms with E-state index >= 15 is 0 Å². The molecule has 0 unspecified atom stereocenters. The standard InChI is InChI=1S/C31H33N3O6S2/c1-19(2)40-30(37)27-20(3)32-31-34(28(27)22-7-11-24(41-4)12-8-22)29(36)25(42-31)17-21-5-9-23(10-6-21)39-18-26(35)33-13-15-38-16-14-33/h5-12,17,19,28H,13-16,18H2,1-4H3/b25-17-/t28-/m0/s1. The Hall–Kier alpha value is -3.67. The van der Waals surface area contributed by atoms with Crippen molar-refractivity contribution in [1.29, 1.82) is 0 Å². The second-order valence-corrected chi connectivity index (χ2v) is 12.0. The van der Waals surface area contributed by atoms with Crippen LogP contribution in [0.3, 0.4) is 0 Å². The van der Waals surface area contributed by atoms with Crippen LogP contribution in [0.1, 0.15) is 37.9 Å². The van der Waals surface area contributed by atoms with Gasteiger partial charge in [0.05, 0.1) is 41.2 Å². The van der Waals surface area contributed by atoms with E-state index < -0.39 is 12.0 Å². The van der Waals surface area contributed by atoms with Gasteiger partial charge in [-0.25, -0.2) is 9.79 Å². The maximum absolute atomic E-state index is 13.8. The van der Waals surface area contributed by atoms with Crippen molar-refractivity contribution in [1.82, 2.24) is 9.47 Å². The summed E-state index contributed by atoms with van der Waals surface area (Å²) in [5, 5.41) is 0. The molecule has 0 bridgehead atoms. The Morgan fingerprint density at radius 3 is 2.45 bits per heavy atom. The number of morpholine rings is 1. The molecule has 1 atom stereocenters. The molecule has 1 fully saturated rings. The van der Waals surface area contributed by atoms with E-state index in [2.05, 4.69) is 4.99 Å². The topological polar surface area (TPSA) is 99.4 Å². The molecule has 0 spiro atoms. The van der Waals surface area contributed by atoms with Crippen molar-refractivity contribution < 1.29 is 23.8 Å². The minimum absolute atomic E-state index is 0.0448. The number of allylic oxidation sites excluding steroid dienone is 1. The highest BCUT2D eigenvalue weighted by Crippen LogP contribution is 2.32. The fraction of sp³-hybridized carbons (Fsp3) is 0.355. The summed E-state index contributed by atoms with van der Waals surface area (Å²) in [5.41, 5.74) is 2.24. The van der Waals surface area contributed by atoms with Crippen LogP contribution in [0, 0.1) is 0 Å². The van der Waals surface area contributed by atoms with Gasteiger partial charge in [0.2, 0.25) is 0 Å². The van der Waals surface area contributed by atoms with Crippen LogP contribution in [0.15, 0.2) is 74.5 Å². The highest BCUT2D eigenvalue weighted by atomic mass is 32.2. The van der Waals surface area contributed by atoms with E-state index in [0.29, 0.717) is 52.7 Å². The summed E-state index contributed by atoms with van der Waals surface area (Å²) in [7, 11) is 0. The van der Waals surface area contributed by atoms with Gasteiger partial charge in [-0.2, -0.15) is 0 Å². The summed E-state index contributed by atoms with van der Waals surface area (Å²) in [6.45, 7) is 7.55. The lowest BCUT2D eigenvalue weighted by Crippen LogP contribution is -2.42. The van der Waals surface area contributed by atoms with Gasteiger partial charge >= 0.3 is 5.97 Å². The first kappa shape index (κ1) is 29.8. The van der Waals surface area contributed by atoms with Gasteiger partial charge in [0.15, 0.2) is 11.4 Å². The number of carbonyl (C=O) groups excluding carboxylic acids is 2. The Bertz CT molecular complexity index is 1670. The van der Waals surface area contributed by atoms with Crippen LogP contribution in [0.4, 0.5) is 0 Å². The molecule has 2 aliphatic heterocycles. The molecule has 2 aromatic carbocycles. The van der Waals surface area contributed by atoms with Gasteiger partial charge < -0.3 is 19.1 Å². The molecule has 1 saturated heterocycles. The molecule has 0 radical (unpaired) electrons. The number of hydrogen-bond acceptors (Lipinski definition) is 9. The lowest BCUT2D eigenvalue weighted by Gasteiger charge is -2.26. The SMILES string of the molecule is CSc1ccc([C@H]2C(C(=O)OC(C)C)=C(C)N=c3s/c(=C\c4ccc(OCC(=O)N5CCOCC5)cc4)c(=O)n32)cc1. The van der Waals surface area contributed by atoms with Gasteiger partial charge in [0.25, 0.3) is 11.5 Å². The van der Waals surface area contributed by atoms with E-state index in [1.54, 1.807) is 60.2 Å². The van der Waals surface area contributed by atoms with Gasteiger partial charge in [-0.15, -0.1) is 11.8 Å². The molecule has 2 aliphatic rings. The Labute approximate surface area is 252 Å².